The molecule has 0 atom stereocenters. The molecule has 0 saturated carbocycles. The molecule has 32 heavy (non-hydrogen) atoms. The lowest BCUT2D eigenvalue weighted by atomic mass is 10.0. The Hall–Kier alpha value is -3.86. The van der Waals surface area contributed by atoms with Crippen LogP contribution >= 0.6 is 0 Å². The van der Waals surface area contributed by atoms with Crippen molar-refractivity contribution < 1.29 is 18.7 Å². The van der Waals surface area contributed by atoms with Crippen molar-refractivity contribution in [2.45, 2.75) is 20.5 Å². The van der Waals surface area contributed by atoms with Crippen molar-refractivity contribution in [2.75, 3.05) is 6.54 Å². The molecule has 0 saturated heterocycles. The number of amides is 1. The van der Waals surface area contributed by atoms with E-state index in [4.69, 9.17) is 9.15 Å². The molecular formula is C27H25NO4. The average molecular weight is 428 g/mol. The summed E-state index contributed by atoms with van der Waals surface area (Å²) >= 11 is 0. The highest BCUT2D eigenvalue weighted by atomic mass is 16.5. The highest BCUT2D eigenvalue weighted by Crippen LogP contribution is 2.33. The molecule has 0 bridgehead atoms. The average Bonchev–Trinajstić information content (AvgIpc) is 3.21. The third-order valence-electron chi connectivity index (χ3n) is 5.09. The van der Waals surface area contributed by atoms with Crippen LogP contribution < -0.4 is 5.32 Å². The van der Waals surface area contributed by atoms with Gasteiger partial charge in [0.15, 0.2) is 0 Å². The van der Waals surface area contributed by atoms with Crippen LogP contribution in [0.25, 0.3) is 22.3 Å². The largest absolute Gasteiger partial charge is 0.457 e. The van der Waals surface area contributed by atoms with Crippen LogP contribution in [0.5, 0.6) is 0 Å². The summed E-state index contributed by atoms with van der Waals surface area (Å²) in [5.74, 6) is 0.356. The number of carbonyl (C=O) groups excluding carboxylic acids is 2. The van der Waals surface area contributed by atoms with Gasteiger partial charge in [0.1, 0.15) is 18.0 Å². The molecule has 4 aromatic rings. The number of rotatable bonds is 7. The SMILES string of the molecule is CC(C)CNC(=O)c1c(-c2ccc(COC(=O)c3ccccc3)cc2)oc2ccccc12. The fourth-order valence-corrected chi connectivity index (χ4v) is 3.42. The minimum Gasteiger partial charge on any atom is -0.457 e. The zero-order chi connectivity index (χ0) is 22.5. The van der Waals surface area contributed by atoms with Crippen molar-refractivity contribution in [3.63, 3.8) is 0 Å². The maximum atomic E-state index is 13.0. The predicted molar refractivity (Wildman–Crippen MR) is 124 cm³/mol. The lowest BCUT2D eigenvalue weighted by Gasteiger charge is -2.09. The lowest BCUT2D eigenvalue weighted by molar-refractivity contribution is 0.0472. The number of hydrogen-bond donors (Lipinski definition) is 1. The van der Waals surface area contributed by atoms with E-state index in [9.17, 15) is 9.59 Å². The molecule has 0 unspecified atom stereocenters. The van der Waals surface area contributed by atoms with Gasteiger partial charge in [-0.15, -0.1) is 0 Å². The van der Waals surface area contributed by atoms with E-state index >= 15 is 0 Å². The molecule has 3 aromatic carbocycles. The van der Waals surface area contributed by atoms with Gasteiger partial charge in [-0.2, -0.15) is 0 Å². The molecule has 0 spiro atoms. The number of ether oxygens (including phenoxy) is 1. The molecule has 0 aliphatic heterocycles. The van der Waals surface area contributed by atoms with Crippen LogP contribution in [-0.4, -0.2) is 18.4 Å². The number of nitrogens with one attached hydrogen (secondary N) is 1. The first-order valence-corrected chi connectivity index (χ1v) is 10.6. The molecule has 0 radical (unpaired) electrons. The summed E-state index contributed by atoms with van der Waals surface area (Å²) in [5, 5.41) is 3.77. The van der Waals surface area contributed by atoms with E-state index in [2.05, 4.69) is 19.2 Å². The summed E-state index contributed by atoms with van der Waals surface area (Å²) in [6.45, 7) is 4.86. The minimum atomic E-state index is -0.365. The first kappa shape index (κ1) is 21.4. The van der Waals surface area contributed by atoms with E-state index in [-0.39, 0.29) is 18.5 Å². The summed E-state index contributed by atoms with van der Waals surface area (Å²) in [6.07, 6.45) is 0. The van der Waals surface area contributed by atoms with Crippen molar-refractivity contribution in [1.82, 2.24) is 5.32 Å². The zero-order valence-electron chi connectivity index (χ0n) is 18.1. The predicted octanol–water partition coefficient (Wildman–Crippen LogP) is 5.84. The normalized spacial score (nSPS) is 11.0. The smallest absolute Gasteiger partial charge is 0.338 e. The van der Waals surface area contributed by atoms with Crippen LogP contribution in [0.2, 0.25) is 0 Å². The Kier molecular flexibility index (Phi) is 6.36. The Balaban J connectivity index is 1.56. The number of hydrogen-bond acceptors (Lipinski definition) is 4. The number of carbonyl (C=O) groups is 2. The van der Waals surface area contributed by atoms with Crippen molar-refractivity contribution in [3.8, 4) is 11.3 Å². The molecular weight excluding hydrogens is 402 g/mol. The van der Waals surface area contributed by atoms with E-state index in [0.717, 1.165) is 16.5 Å². The fourth-order valence-electron chi connectivity index (χ4n) is 3.42. The van der Waals surface area contributed by atoms with Gasteiger partial charge in [-0.1, -0.05) is 74.5 Å². The highest BCUT2D eigenvalue weighted by Gasteiger charge is 2.22. The summed E-state index contributed by atoms with van der Waals surface area (Å²) in [5.41, 5.74) is 3.35. The van der Waals surface area contributed by atoms with Crippen LogP contribution in [0.4, 0.5) is 0 Å². The number of esters is 1. The van der Waals surface area contributed by atoms with Gasteiger partial charge in [0.25, 0.3) is 5.91 Å². The molecule has 5 nitrogen and oxygen atoms in total. The van der Waals surface area contributed by atoms with E-state index in [0.29, 0.717) is 34.9 Å². The van der Waals surface area contributed by atoms with Gasteiger partial charge in [-0.05, 0) is 29.7 Å². The maximum absolute atomic E-state index is 13.0. The summed E-state index contributed by atoms with van der Waals surface area (Å²) in [6, 6.07) is 23.9. The van der Waals surface area contributed by atoms with Crippen LogP contribution in [0.15, 0.2) is 83.3 Å². The standard InChI is InChI=1S/C27H25NO4/c1-18(2)16-28-26(29)24-22-10-6-7-11-23(22)32-25(24)20-14-12-19(13-15-20)17-31-27(30)21-8-4-3-5-9-21/h3-15,18H,16-17H2,1-2H3,(H,28,29). The second kappa shape index (κ2) is 9.52. The quantitative estimate of drug-likeness (QED) is 0.376. The second-order valence-corrected chi connectivity index (χ2v) is 8.05. The molecule has 1 amide bonds. The molecule has 1 N–H and O–H groups in total. The molecule has 5 heteroatoms. The van der Waals surface area contributed by atoms with Crippen LogP contribution in [-0.2, 0) is 11.3 Å². The van der Waals surface area contributed by atoms with Gasteiger partial charge in [-0.25, -0.2) is 4.79 Å². The Bertz CT molecular complexity index is 1220. The van der Waals surface area contributed by atoms with Crippen molar-refractivity contribution in [2.24, 2.45) is 5.92 Å². The third kappa shape index (κ3) is 4.72. The first-order chi connectivity index (χ1) is 15.5. The van der Waals surface area contributed by atoms with E-state index in [1.165, 1.54) is 0 Å². The van der Waals surface area contributed by atoms with Gasteiger partial charge in [-0.3, -0.25) is 4.79 Å². The van der Waals surface area contributed by atoms with Gasteiger partial charge in [0.05, 0.1) is 11.1 Å². The van der Waals surface area contributed by atoms with Crippen LogP contribution in [0.3, 0.4) is 0 Å². The van der Waals surface area contributed by atoms with Crippen molar-refractivity contribution in [3.05, 3.63) is 95.6 Å². The monoisotopic (exact) mass is 427 g/mol. The first-order valence-electron chi connectivity index (χ1n) is 10.6. The van der Waals surface area contributed by atoms with Crippen molar-refractivity contribution >= 4 is 22.8 Å². The molecule has 1 aromatic heterocycles. The summed E-state index contributed by atoms with van der Waals surface area (Å²) < 4.78 is 11.5. The third-order valence-corrected chi connectivity index (χ3v) is 5.09. The number of benzene rings is 3. The zero-order valence-corrected chi connectivity index (χ0v) is 18.1. The molecule has 0 fully saturated rings. The Labute approximate surface area is 187 Å². The number of para-hydroxylation sites is 1. The fraction of sp³-hybridized carbons (Fsp3) is 0.185. The Morgan fingerprint density at radius 2 is 1.59 bits per heavy atom. The summed E-state index contributed by atoms with van der Waals surface area (Å²) in [4.78, 5) is 25.1. The highest BCUT2D eigenvalue weighted by molar-refractivity contribution is 6.11. The molecule has 162 valence electrons. The second-order valence-electron chi connectivity index (χ2n) is 8.05. The summed E-state index contributed by atoms with van der Waals surface area (Å²) in [7, 11) is 0. The number of furan rings is 1. The minimum absolute atomic E-state index is 0.153. The maximum Gasteiger partial charge on any atom is 0.338 e. The number of fused-ring (bicyclic) bond motifs is 1. The van der Waals surface area contributed by atoms with Gasteiger partial charge < -0.3 is 14.5 Å². The van der Waals surface area contributed by atoms with Gasteiger partial charge >= 0.3 is 5.97 Å². The van der Waals surface area contributed by atoms with Gasteiger partial charge in [0, 0.05) is 17.5 Å². The van der Waals surface area contributed by atoms with E-state index in [1.807, 2.05) is 54.6 Å². The molecule has 0 aliphatic rings. The van der Waals surface area contributed by atoms with Crippen molar-refractivity contribution in [1.29, 1.82) is 0 Å². The molecule has 0 aliphatic carbocycles. The molecule has 4 rings (SSSR count). The Morgan fingerprint density at radius 1 is 0.906 bits per heavy atom. The topological polar surface area (TPSA) is 68.5 Å². The molecule has 1 heterocycles. The Morgan fingerprint density at radius 3 is 2.31 bits per heavy atom. The van der Waals surface area contributed by atoms with Gasteiger partial charge in [0.2, 0.25) is 0 Å². The van der Waals surface area contributed by atoms with Crippen LogP contribution in [0, 0.1) is 5.92 Å². The van der Waals surface area contributed by atoms with E-state index in [1.54, 1.807) is 24.3 Å². The van der Waals surface area contributed by atoms with Crippen LogP contribution in [0.1, 0.15) is 40.1 Å². The van der Waals surface area contributed by atoms with E-state index < -0.39 is 0 Å². The lowest BCUT2D eigenvalue weighted by Crippen LogP contribution is -2.27.